The molecule has 0 aliphatic heterocycles. The van der Waals surface area contributed by atoms with Crippen molar-refractivity contribution in [2.45, 2.75) is 34.2 Å². The zero-order chi connectivity index (χ0) is 14.6. The van der Waals surface area contributed by atoms with Gasteiger partial charge in [-0.25, -0.2) is 0 Å². The average molecular weight is 263 g/mol. The quantitative estimate of drug-likeness (QED) is 0.765. The molecular formula is C16H25NO2. The van der Waals surface area contributed by atoms with Gasteiger partial charge in [0.05, 0.1) is 12.5 Å². The van der Waals surface area contributed by atoms with E-state index < -0.39 is 5.41 Å². The molecule has 0 heterocycles. The summed E-state index contributed by atoms with van der Waals surface area (Å²) in [6.07, 6.45) is 0. The molecule has 0 atom stereocenters. The molecule has 1 aromatic carbocycles. The van der Waals surface area contributed by atoms with Crippen molar-refractivity contribution in [2.24, 2.45) is 5.41 Å². The maximum atomic E-state index is 11.7. The number of hydrogen-bond donors (Lipinski definition) is 0. The smallest absolute Gasteiger partial charge is 0.312 e. The van der Waals surface area contributed by atoms with Gasteiger partial charge in [0.15, 0.2) is 0 Å². The third-order valence-corrected chi connectivity index (χ3v) is 3.35. The van der Waals surface area contributed by atoms with Gasteiger partial charge < -0.3 is 9.64 Å². The Balaban J connectivity index is 2.72. The second kappa shape index (κ2) is 6.20. The van der Waals surface area contributed by atoms with E-state index in [1.807, 2.05) is 20.9 Å². The van der Waals surface area contributed by atoms with E-state index in [4.69, 9.17) is 4.74 Å². The van der Waals surface area contributed by atoms with Crippen molar-refractivity contribution in [1.82, 2.24) is 4.90 Å². The second-order valence-electron chi connectivity index (χ2n) is 5.98. The number of benzene rings is 1. The Morgan fingerprint density at radius 3 is 2.53 bits per heavy atom. The summed E-state index contributed by atoms with van der Waals surface area (Å²) >= 11 is 0. The van der Waals surface area contributed by atoms with E-state index in [1.165, 1.54) is 23.8 Å². The van der Waals surface area contributed by atoms with Crippen molar-refractivity contribution in [1.29, 1.82) is 0 Å². The van der Waals surface area contributed by atoms with Gasteiger partial charge in [0.2, 0.25) is 0 Å². The molecule has 0 bridgehead atoms. The van der Waals surface area contributed by atoms with Crippen molar-refractivity contribution >= 4 is 5.97 Å². The highest BCUT2D eigenvalue weighted by molar-refractivity contribution is 5.76. The molecular weight excluding hydrogens is 238 g/mol. The van der Waals surface area contributed by atoms with Crippen molar-refractivity contribution in [3.63, 3.8) is 0 Å². The Kier molecular flexibility index (Phi) is 5.12. The number of esters is 1. The van der Waals surface area contributed by atoms with Crippen molar-refractivity contribution in [3.05, 3.63) is 34.9 Å². The fourth-order valence-electron chi connectivity index (χ4n) is 2.33. The molecule has 0 saturated heterocycles. The maximum Gasteiger partial charge on any atom is 0.312 e. The lowest BCUT2D eigenvalue weighted by Gasteiger charge is -2.28. The zero-order valence-electron chi connectivity index (χ0n) is 12.9. The highest BCUT2D eigenvalue weighted by Gasteiger charge is 2.30. The average Bonchev–Trinajstić information content (AvgIpc) is 2.32. The van der Waals surface area contributed by atoms with E-state index in [9.17, 15) is 4.79 Å². The molecule has 3 nitrogen and oxygen atoms in total. The first kappa shape index (κ1) is 15.7. The van der Waals surface area contributed by atoms with Gasteiger partial charge >= 0.3 is 5.97 Å². The fraction of sp³-hybridized carbons (Fsp3) is 0.562. The summed E-state index contributed by atoms with van der Waals surface area (Å²) in [5, 5.41) is 0. The molecule has 0 radical (unpaired) electrons. The molecule has 0 aliphatic rings. The van der Waals surface area contributed by atoms with Gasteiger partial charge in [0.1, 0.15) is 0 Å². The van der Waals surface area contributed by atoms with Crippen LogP contribution in [0, 0.1) is 19.3 Å². The zero-order valence-corrected chi connectivity index (χ0v) is 12.9. The lowest BCUT2D eigenvalue weighted by atomic mass is 9.93. The van der Waals surface area contributed by atoms with Crippen LogP contribution in [0.15, 0.2) is 18.2 Å². The molecule has 0 fully saturated rings. The maximum absolute atomic E-state index is 11.7. The van der Waals surface area contributed by atoms with Crippen LogP contribution in [-0.2, 0) is 16.1 Å². The number of aryl methyl sites for hydroxylation is 2. The van der Waals surface area contributed by atoms with E-state index in [1.54, 1.807) is 0 Å². The van der Waals surface area contributed by atoms with Crippen molar-refractivity contribution in [2.75, 3.05) is 20.7 Å². The lowest BCUT2D eigenvalue weighted by molar-refractivity contribution is -0.151. The van der Waals surface area contributed by atoms with Crippen LogP contribution in [0.25, 0.3) is 0 Å². The number of carbonyl (C=O) groups is 1. The van der Waals surface area contributed by atoms with Gasteiger partial charge in [-0.15, -0.1) is 0 Å². The normalized spacial score (nSPS) is 11.7. The Hall–Kier alpha value is -1.35. The summed E-state index contributed by atoms with van der Waals surface area (Å²) in [7, 11) is 3.47. The van der Waals surface area contributed by atoms with E-state index in [2.05, 4.69) is 36.9 Å². The minimum Gasteiger partial charge on any atom is -0.469 e. The minimum atomic E-state index is -0.485. The largest absolute Gasteiger partial charge is 0.469 e. The van der Waals surface area contributed by atoms with E-state index in [0.717, 1.165) is 6.54 Å². The second-order valence-corrected chi connectivity index (χ2v) is 5.98. The van der Waals surface area contributed by atoms with Gasteiger partial charge in [0.25, 0.3) is 0 Å². The van der Waals surface area contributed by atoms with Crippen LogP contribution in [-0.4, -0.2) is 31.6 Å². The van der Waals surface area contributed by atoms with E-state index in [-0.39, 0.29) is 5.97 Å². The third kappa shape index (κ3) is 4.35. The summed E-state index contributed by atoms with van der Waals surface area (Å²) in [5.74, 6) is -0.166. The van der Waals surface area contributed by atoms with E-state index in [0.29, 0.717) is 6.54 Å². The topological polar surface area (TPSA) is 29.5 Å². The molecule has 0 aromatic heterocycles. The number of ether oxygens (including phenoxy) is 1. The first-order valence-corrected chi connectivity index (χ1v) is 6.59. The highest BCUT2D eigenvalue weighted by Crippen LogP contribution is 2.20. The molecule has 1 rings (SSSR count). The monoisotopic (exact) mass is 263 g/mol. The summed E-state index contributed by atoms with van der Waals surface area (Å²) in [4.78, 5) is 13.9. The van der Waals surface area contributed by atoms with E-state index >= 15 is 0 Å². The van der Waals surface area contributed by atoms with Gasteiger partial charge in [0, 0.05) is 13.1 Å². The molecule has 0 unspecified atom stereocenters. The number of carbonyl (C=O) groups excluding carboxylic acids is 1. The molecule has 19 heavy (non-hydrogen) atoms. The lowest BCUT2D eigenvalue weighted by Crippen LogP contribution is -2.37. The fourth-order valence-corrected chi connectivity index (χ4v) is 2.33. The number of nitrogens with zero attached hydrogens (tertiary/aromatic N) is 1. The minimum absolute atomic E-state index is 0.166. The predicted octanol–water partition coefficient (Wildman–Crippen LogP) is 2.93. The first-order valence-electron chi connectivity index (χ1n) is 6.59. The molecule has 106 valence electrons. The molecule has 0 spiro atoms. The standard InChI is InChI=1S/C16H25NO2/c1-12-7-8-13(2)14(9-12)10-17(5)11-16(3,4)15(18)19-6/h7-9H,10-11H2,1-6H3. The Morgan fingerprint density at radius 1 is 1.32 bits per heavy atom. The molecule has 0 N–H and O–H groups in total. The predicted molar refractivity (Wildman–Crippen MR) is 78.0 cm³/mol. The van der Waals surface area contributed by atoms with Crippen molar-refractivity contribution in [3.8, 4) is 0 Å². The molecule has 3 heteroatoms. The van der Waals surface area contributed by atoms with Crippen LogP contribution >= 0.6 is 0 Å². The Morgan fingerprint density at radius 2 is 1.95 bits per heavy atom. The van der Waals surface area contributed by atoms with Crippen molar-refractivity contribution < 1.29 is 9.53 Å². The van der Waals surface area contributed by atoms with Gasteiger partial charge in [-0.2, -0.15) is 0 Å². The van der Waals surface area contributed by atoms with Crippen LogP contribution in [0.4, 0.5) is 0 Å². The van der Waals surface area contributed by atoms with Gasteiger partial charge in [-0.1, -0.05) is 23.8 Å². The van der Waals surface area contributed by atoms with Crippen LogP contribution < -0.4 is 0 Å². The van der Waals surface area contributed by atoms with Crippen LogP contribution in [0.2, 0.25) is 0 Å². The molecule has 0 amide bonds. The van der Waals surface area contributed by atoms with Crippen LogP contribution in [0.1, 0.15) is 30.5 Å². The third-order valence-electron chi connectivity index (χ3n) is 3.35. The van der Waals surface area contributed by atoms with Crippen LogP contribution in [0.3, 0.4) is 0 Å². The molecule has 0 aliphatic carbocycles. The summed E-state index contributed by atoms with van der Waals surface area (Å²) < 4.78 is 4.84. The Labute approximate surface area is 116 Å². The first-order chi connectivity index (χ1) is 8.76. The summed E-state index contributed by atoms with van der Waals surface area (Å²) in [5.41, 5.74) is 3.37. The Bertz CT molecular complexity index is 452. The number of rotatable bonds is 5. The number of methoxy groups -OCH3 is 1. The van der Waals surface area contributed by atoms with Crippen LogP contribution in [0.5, 0.6) is 0 Å². The SMILES string of the molecule is COC(=O)C(C)(C)CN(C)Cc1cc(C)ccc1C. The van der Waals surface area contributed by atoms with Gasteiger partial charge in [-0.05, 0) is 45.9 Å². The summed E-state index contributed by atoms with van der Waals surface area (Å²) in [6, 6.07) is 6.47. The summed E-state index contributed by atoms with van der Waals surface area (Å²) in [6.45, 7) is 9.56. The number of hydrogen-bond acceptors (Lipinski definition) is 3. The molecule has 0 saturated carbocycles. The highest BCUT2D eigenvalue weighted by atomic mass is 16.5. The molecule has 1 aromatic rings. The van der Waals surface area contributed by atoms with Gasteiger partial charge in [-0.3, -0.25) is 4.79 Å².